The minimum absolute atomic E-state index is 0.0160. The zero-order valence-electron chi connectivity index (χ0n) is 43.6. The minimum atomic E-state index is -3.20. The number of carbonyl (C=O) groups is 4. The van der Waals surface area contributed by atoms with E-state index in [1.807, 2.05) is 109 Å². The van der Waals surface area contributed by atoms with E-state index >= 15 is 0 Å². The number of alkyl halides is 4. The summed E-state index contributed by atoms with van der Waals surface area (Å²) >= 11 is 1.61. The van der Waals surface area contributed by atoms with E-state index in [9.17, 15) is 47.0 Å². The van der Waals surface area contributed by atoms with Crippen LogP contribution in [0.1, 0.15) is 91.9 Å². The van der Waals surface area contributed by atoms with Crippen molar-refractivity contribution < 1.29 is 66.3 Å². The van der Waals surface area contributed by atoms with Crippen LogP contribution in [-0.4, -0.2) is 154 Å². The molecule has 7 rings (SSSR count). The first kappa shape index (κ1) is 62.2. The number of hydrogen-bond acceptors (Lipinski definition) is 13. The van der Waals surface area contributed by atoms with Gasteiger partial charge in [0.25, 0.3) is 17.8 Å². The molecule has 0 aliphatic carbocycles. The van der Waals surface area contributed by atoms with E-state index in [1.165, 1.54) is 22.2 Å². The molecule has 5 atom stereocenters. The molecule has 2 aromatic heterocycles. The van der Waals surface area contributed by atoms with Crippen LogP contribution in [0.2, 0.25) is 0 Å². The number of esters is 1. The van der Waals surface area contributed by atoms with Crippen LogP contribution in [0.15, 0.2) is 122 Å². The van der Waals surface area contributed by atoms with Gasteiger partial charge in [0.15, 0.2) is 12.3 Å². The first-order chi connectivity index (χ1) is 37.0. The molecule has 18 nitrogen and oxygen atoms in total. The maximum absolute atomic E-state index is 13.2. The van der Waals surface area contributed by atoms with Crippen molar-refractivity contribution >= 4 is 46.3 Å². The van der Waals surface area contributed by atoms with E-state index < -0.39 is 84.6 Å². The Bertz CT molecular complexity index is 2780. The van der Waals surface area contributed by atoms with Crippen LogP contribution >= 0.6 is 0 Å². The number of nitrogens with zero attached hydrogens (tertiary/aromatic N) is 5. The van der Waals surface area contributed by atoms with Crippen molar-refractivity contribution in [3.8, 4) is 22.3 Å². The topological polar surface area (TPSA) is 253 Å². The fraction of sp³-hybridized carbons (Fsp3) is 0.418. The average Bonchev–Trinajstić information content (AvgIpc) is 4.14. The van der Waals surface area contributed by atoms with E-state index in [-0.39, 0.29) is 30.8 Å². The number of aliphatic hydroxyl groups is 2. The standard InChI is InChI=1S/C27H31N4O5Te.C25H28F2N4O4.C3H6F2O/c1-27(26(33)34,18-36-24-9-5-6-14-35-24)16-22(28-25(32)23-17-31(37)30-29-23)15-19-10-12-21(13-11-19)20-7-3-2-4-8-20;1-24(15-32,23(34)35-16-25(2,26)27)13-20(29-22(33)21-14-28-31-30-21)12-17-8-10-19(11-9-17)18-6-4-3-5-7-18;1-3(4,5)2-6/h2-4,7-8,10-13,17,22,24H,5-6,9,14-16,18H2,1H3,(H,28,32)(H,33,34);3-11,14,20,32H,12-13,15-16H2,1-2H3,(H,29,33)(H,28,30,31);6H,2H2,1H3/t22-,24?,27+;20-,24+;/m11./s1. The number of H-pyrrole nitrogens is 1. The normalized spacial score (nSPS) is 15.8. The molecule has 1 fully saturated rings. The fourth-order valence-corrected chi connectivity index (χ4v) is 8.41. The third kappa shape index (κ3) is 20.6. The Morgan fingerprint density at radius 3 is 1.63 bits per heavy atom. The van der Waals surface area contributed by atoms with Crippen LogP contribution in [0.5, 0.6) is 0 Å². The Hall–Kier alpha value is -6.61. The van der Waals surface area contributed by atoms with Gasteiger partial charge in [-0.05, 0) is 49.3 Å². The number of aliphatic carboxylic acids is 1. The third-order valence-electron chi connectivity index (χ3n) is 12.3. The second-order valence-electron chi connectivity index (χ2n) is 19.7. The molecule has 3 heterocycles. The molecule has 1 unspecified atom stereocenters. The van der Waals surface area contributed by atoms with Gasteiger partial charge >= 0.3 is 187 Å². The number of carboxylic acids is 1. The van der Waals surface area contributed by atoms with E-state index in [1.54, 1.807) is 29.5 Å². The van der Waals surface area contributed by atoms with Gasteiger partial charge < -0.3 is 20.3 Å². The molecule has 1 radical (unpaired) electrons. The number of carboxylic acid groups (broad SMARTS) is 1. The van der Waals surface area contributed by atoms with Crippen molar-refractivity contribution in [2.75, 3.05) is 33.0 Å². The van der Waals surface area contributed by atoms with E-state index in [0.717, 1.165) is 52.6 Å². The molecule has 0 saturated carbocycles. The Balaban J connectivity index is 0.000000260. The number of ether oxygens (including phenoxy) is 3. The van der Waals surface area contributed by atoms with Gasteiger partial charge in [-0.25, -0.2) is 17.6 Å². The van der Waals surface area contributed by atoms with Crippen molar-refractivity contribution in [2.45, 2.75) is 103 Å². The summed E-state index contributed by atoms with van der Waals surface area (Å²) in [4.78, 5) is 50.5. The zero-order chi connectivity index (χ0) is 56.9. The van der Waals surface area contributed by atoms with Crippen LogP contribution in [0.25, 0.3) is 22.3 Å². The number of halogens is 4. The molecule has 1 saturated heterocycles. The number of nitrogens with one attached hydrogen (secondary N) is 3. The van der Waals surface area contributed by atoms with Gasteiger partial charge in [0.2, 0.25) is 0 Å². The summed E-state index contributed by atoms with van der Waals surface area (Å²) in [7, 11) is 0. The second-order valence-corrected chi connectivity index (χ2v) is 20.8. The Labute approximate surface area is 462 Å². The average molecular weight is 1200 g/mol. The number of rotatable bonds is 23. The van der Waals surface area contributed by atoms with Gasteiger partial charge in [-0.2, -0.15) is 15.4 Å². The van der Waals surface area contributed by atoms with Crippen molar-refractivity contribution in [1.82, 2.24) is 39.3 Å². The van der Waals surface area contributed by atoms with Crippen molar-refractivity contribution in [1.29, 1.82) is 0 Å². The number of amides is 2. The van der Waals surface area contributed by atoms with E-state index in [2.05, 4.69) is 36.4 Å². The molecular weight excluding hydrogens is 1140 g/mol. The Morgan fingerprint density at radius 1 is 0.718 bits per heavy atom. The van der Waals surface area contributed by atoms with E-state index in [4.69, 9.17) is 19.3 Å². The third-order valence-corrected chi connectivity index (χ3v) is 12.8. The molecule has 4 aromatic carbocycles. The van der Waals surface area contributed by atoms with Gasteiger partial charge in [-0.15, -0.1) is 0 Å². The molecule has 6 N–H and O–H groups in total. The quantitative estimate of drug-likeness (QED) is 0.0210. The molecule has 419 valence electrons. The molecule has 1 aliphatic rings. The number of aromatic nitrogens is 6. The summed E-state index contributed by atoms with van der Waals surface area (Å²) in [6, 6.07) is 34.6. The second kappa shape index (κ2) is 29.4. The monoisotopic (exact) mass is 1200 g/mol. The SMILES string of the molecule is CC(F)(F)CO.CC(F)(F)COC(=O)[C@](C)(CO)C[C@@H](Cc1ccc(-c2ccccc2)cc1)NC(=O)c1cn[nH]n1.C[C@@](COC1CCCCO1)(C[C@@H](Cc1ccc(-c2ccccc2)cc1)NC(=O)c1cn([Te])nn1)C(=O)O. The van der Waals surface area contributed by atoms with E-state index in [0.29, 0.717) is 33.3 Å². The molecule has 78 heavy (non-hydrogen) atoms. The van der Waals surface area contributed by atoms with Crippen LogP contribution in [-0.2, 0) is 36.6 Å². The first-order valence-electron chi connectivity index (χ1n) is 25.0. The van der Waals surface area contributed by atoms with Gasteiger partial charge in [0.05, 0.1) is 18.2 Å². The molecular formula is C55H65F4N8O10Te. The Morgan fingerprint density at radius 2 is 1.22 bits per heavy atom. The molecule has 6 aromatic rings. The predicted molar refractivity (Wildman–Crippen MR) is 280 cm³/mol. The summed E-state index contributed by atoms with van der Waals surface area (Å²) in [5.74, 6) is -8.99. The van der Waals surface area contributed by atoms with Gasteiger partial charge in [0.1, 0.15) is 6.61 Å². The van der Waals surface area contributed by atoms with Gasteiger partial charge in [-0.3, -0.25) is 9.59 Å². The molecule has 1 aliphatic heterocycles. The number of aromatic amines is 1. The molecule has 2 amide bonds. The summed E-state index contributed by atoms with van der Waals surface area (Å²) in [6.07, 6.45) is 5.98. The van der Waals surface area contributed by atoms with Crippen molar-refractivity contribution in [3.05, 3.63) is 144 Å². The molecule has 0 spiro atoms. The van der Waals surface area contributed by atoms with Crippen LogP contribution in [0.4, 0.5) is 17.6 Å². The summed E-state index contributed by atoms with van der Waals surface area (Å²) in [5, 5.41) is 51.0. The van der Waals surface area contributed by atoms with Crippen molar-refractivity contribution in [2.24, 2.45) is 10.8 Å². The Kier molecular flexibility index (Phi) is 23.4. The zero-order valence-corrected chi connectivity index (χ0v) is 46.0. The number of carbonyl (C=O) groups excluding carboxylic acids is 3. The van der Waals surface area contributed by atoms with Gasteiger partial charge in [0, 0.05) is 26.5 Å². The summed E-state index contributed by atoms with van der Waals surface area (Å²) in [5.41, 5.74) is 3.59. The number of hydrogen-bond donors (Lipinski definition) is 6. The van der Waals surface area contributed by atoms with Crippen molar-refractivity contribution in [3.63, 3.8) is 0 Å². The van der Waals surface area contributed by atoms with Gasteiger partial charge in [-0.1, -0.05) is 84.9 Å². The predicted octanol–water partition coefficient (Wildman–Crippen LogP) is 7.28. The van der Waals surface area contributed by atoms with Crippen LogP contribution in [0.3, 0.4) is 0 Å². The first-order valence-corrected chi connectivity index (χ1v) is 26.0. The molecule has 23 heteroatoms. The molecule has 0 bridgehead atoms. The number of benzene rings is 4. The van der Waals surface area contributed by atoms with Crippen LogP contribution < -0.4 is 10.6 Å². The number of aliphatic hydroxyl groups excluding tert-OH is 2. The van der Waals surface area contributed by atoms with Crippen LogP contribution in [0, 0.1) is 10.8 Å². The maximum atomic E-state index is 13.2. The summed E-state index contributed by atoms with van der Waals surface area (Å²) < 4.78 is 66.5. The summed E-state index contributed by atoms with van der Waals surface area (Å²) in [6.45, 7) is 2.15. The fourth-order valence-electron chi connectivity index (χ4n) is 8.02.